The van der Waals surface area contributed by atoms with E-state index in [1.165, 1.54) is 55.2 Å². The third kappa shape index (κ3) is 4.10. The van der Waals surface area contributed by atoms with Crippen LogP contribution in [0.15, 0.2) is 169 Å². The minimum absolute atomic E-state index is 0.0482. The predicted octanol–water partition coefficient (Wildman–Crippen LogP) is 11.9. The molecule has 6 aromatic rings. The Morgan fingerprint density at radius 1 is 0.644 bits per heavy atom. The van der Waals surface area contributed by atoms with Crippen LogP contribution in [0.25, 0.3) is 43.8 Å². The summed E-state index contributed by atoms with van der Waals surface area (Å²) in [6, 6.07) is 43.7. The molecule has 0 amide bonds. The Kier molecular flexibility index (Phi) is 5.73. The number of para-hydroxylation sites is 1. The van der Waals surface area contributed by atoms with E-state index in [1.54, 1.807) is 0 Å². The molecule has 0 fully saturated rings. The summed E-state index contributed by atoms with van der Waals surface area (Å²) >= 11 is 0. The van der Waals surface area contributed by atoms with Gasteiger partial charge in [0, 0.05) is 33.1 Å². The third-order valence-electron chi connectivity index (χ3n) is 9.57. The SMILES string of the molecule is CC12C=CC=CC1=C(N(c1cccc(-c3cc4c5c(cccc5c3)Oc3ccccc3-4)c1)c1cccc3ccccc13)C=CC2. The maximum absolute atomic E-state index is 6.32. The molecule has 214 valence electrons. The first kappa shape index (κ1) is 25.9. The summed E-state index contributed by atoms with van der Waals surface area (Å²) in [7, 11) is 0. The molecule has 45 heavy (non-hydrogen) atoms. The van der Waals surface area contributed by atoms with Gasteiger partial charge < -0.3 is 9.64 Å². The van der Waals surface area contributed by atoms with Gasteiger partial charge in [-0.05, 0) is 88.0 Å². The predicted molar refractivity (Wildman–Crippen MR) is 188 cm³/mol. The van der Waals surface area contributed by atoms with Crippen molar-refractivity contribution in [2.24, 2.45) is 5.41 Å². The molecular formula is C43H31NO. The van der Waals surface area contributed by atoms with Crippen molar-refractivity contribution in [3.05, 3.63) is 169 Å². The van der Waals surface area contributed by atoms with Crippen LogP contribution in [0.1, 0.15) is 13.3 Å². The fourth-order valence-electron chi connectivity index (χ4n) is 7.35. The molecule has 0 saturated heterocycles. The van der Waals surface area contributed by atoms with Crippen LogP contribution in [0.4, 0.5) is 11.4 Å². The van der Waals surface area contributed by atoms with Crippen molar-refractivity contribution in [2.45, 2.75) is 13.3 Å². The fourth-order valence-corrected chi connectivity index (χ4v) is 7.35. The maximum atomic E-state index is 6.32. The highest BCUT2D eigenvalue weighted by Crippen LogP contribution is 2.49. The second-order valence-electron chi connectivity index (χ2n) is 12.4. The van der Waals surface area contributed by atoms with Crippen LogP contribution >= 0.6 is 0 Å². The van der Waals surface area contributed by atoms with E-state index < -0.39 is 0 Å². The molecule has 1 atom stereocenters. The number of anilines is 2. The fraction of sp³-hybridized carbons (Fsp3) is 0.0698. The first-order valence-electron chi connectivity index (χ1n) is 15.7. The van der Waals surface area contributed by atoms with E-state index in [-0.39, 0.29) is 5.41 Å². The van der Waals surface area contributed by atoms with Gasteiger partial charge in [0.05, 0.1) is 5.69 Å². The zero-order valence-corrected chi connectivity index (χ0v) is 25.1. The summed E-state index contributed by atoms with van der Waals surface area (Å²) in [5.41, 5.74) is 9.52. The monoisotopic (exact) mass is 577 g/mol. The lowest BCUT2D eigenvalue weighted by Gasteiger charge is -2.38. The van der Waals surface area contributed by atoms with Crippen molar-refractivity contribution in [3.63, 3.8) is 0 Å². The molecule has 2 heteroatoms. The molecule has 3 aliphatic rings. The van der Waals surface area contributed by atoms with Gasteiger partial charge in [-0.1, -0.05) is 116 Å². The van der Waals surface area contributed by atoms with Gasteiger partial charge in [-0.2, -0.15) is 0 Å². The number of hydrogen-bond donors (Lipinski definition) is 0. The topological polar surface area (TPSA) is 12.5 Å². The number of hydrogen-bond acceptors (Lipinski definition) is 2. The molecule has 6 aromatic carbocycles. The summed E-state index contributed by atoms with van der Waals surface area (Å²) in [4.78, 5) is 2.46. The standard InChI is InChI=1S/C43H31NO/c1-43-24-7-6-19-37(43)39(21-11-25-43)44(38-20-9-13-29-12-2-3-17-34(29)38)33-16-8-14-30(27-33)32-26-31-15-10-23-41-42(31)36(28-32)35-18-4-5-22-40(35)45-41/h2-24,26-28H,25H2,1H3. The molecule has 2 aliphatic carbocycles. The average molecular weight is 578 g/mol. The Morgan fingerprint density at radius 3 is 2.42 bits per heavy atom. The van der Waals surface area contributed by atoms with Crippen LogP contribution in [0.3, 0.4) is 0 Å². The highest BCUT2D eigenvalue weighted by atomic mass is 16.5. The minimum atomic E-state index is -0.0482. The summed E-state index contributed by atoms with van der Waals surface area (Å²) in [6.45, 7) is 2.35. The van der Waals surface area contributed by atoms with Crippen LogP contribution < -0.4 is 9.64 Å². The highest BCUT2D eigenvalue weighted by molar-refractivity contribution is 6.06. The summed E-state index contributed by atoms with van der Waals surface area (Å²) < 4.78 is 6.32. The number of rotatable bonds is 4. The van der Waals surface area contributed by atoms with E-state index in [0.717, 1.165) is 29.2 Å². The number of fused-ring (bicyclic) bond motifs is 4. The molecule has 9 rings (SSSR count). The van der Waals surface area contributed by atoms with Gasteiger partial charge in [0.1, 0.15) is 11.5 Å². The van der Waals surface area contributed by atoms with Crippen LogP contribution in [-0.2, 0) is 0 Å². The smallest absolute Gasteiger partial charge is 0.135 e. The van der Waals surface area contributed by atoms with E-state index in [4.69, 9.17) is 4.74 Å². The van der Waals surface area contributed by atoms with Crippen molar-refractivity contribution in [2.75, 3.05) is 4.90 Å². The van der Waals surface area contributed by atoms with Crippen molar-refractivity contribution < 1.29 is 4.74 Å². The normalized spacial score (nSPS) is 17.7. The van der Waals surface area contributed by atoms with Crippen LogP contribution in [-0.4, -0.2) is 0 Å². The summed E-state index contributed by atoms with van der Waals surface area (Å²) in [5, 5.41) is 4.81. The van der Waals surface area contributed by atoms with E-state index in [9.17, 15) is 0 Å². The van der Waals surface area contributed by atoms with Gasteiger partial charge in [0.2, 0.25) is 0 Å². The molecule has 1 aliphatic heterocycles. The van der Waals surface area contributed by atoms with Crippen LogP contribution in [0, 0.1) is 5.41 Å². The Balaban J connectivity index is 1.27. The molecule has 0 N–H and O–H groups in total. The molecular weight excluding hydrogens is 546 g/mol. The van der Waals surface area contributed by atoms with Crippen LogP contribution in [0.2, 0.25) is 0 Å². The summed E-state index contributed by atoms with van der Waals surface area (Å²) in [6.07, 6.45) is 14.6. The van der Waals surface area contributed by atoms with Crippen molar-refractivity contribution >= 4 is 32.9 Å². The zero-order chi connectivity index (χ0) is 30.0. The lowest BCUT2D eigenvalue weighted by molar-refractivity contribution is 0.487. The zero-order valence-electron chi connectivity index (χ0n) is 25.1. The van der Waals surface area contributed by atoms with Gasteiger partial charge in [0.15, 0.2) is 0 Å². The third-order valence-corrected chi connectivity index (χ3v) is 9.57. The first-order valence-corrected chi connectivity index (χ1v) is 15.7. The van der Waals surface area contributed by atoms with E-state index in [1.807, 2.05) is 6.07 Å². The van der Waals surface area contributed by atoms with Gasteiger partial charge in [-0.15, -0.1) is 0 Å². The molecule has 0 saturated carbocycles. The van der Waals surface area contributed by atoms with Gasteiger partial charge in [-0.25, -0.2) is 0 Å². The second kappa shape index (κ2) is 9.97. The number of nitrogens with zero attached hydrogens (tertiary/aromatic N) is 1. The summed E-state index contributed by atoms with van der Waals surface area (Å²) in [5.74, 6) is 1.82. The maximum Gasteiger partial charge on any atom is 0.135 e. The van der Waals surface area contributed by atoms with E-state index in [0.29, 0.717) is 0 Å². The van der Waals surface area contributed by atoms with Crippen molar-refractivity contribution in [1.82, 2.24) is 0 Å². The molecule has 0 radical (unpaired) electrons. The first-order chi connectivity index (χ1) is 22.2. The lowest BCUT2D eigenvalue weighted by atomic mass is 9.73. The Morgan fingerprint density at radius 2 is 1.44 bits per heavy atom. The Labute approximate surface area is 263 Å². The van der Waals surface area contributed by atoms with Gasteiger partial charge in [-0.3, -0.25) is 0 Å². The molecule has 1 unspecified atom stereocenters. The number of ether oxygens (including phenoxy) is 1. The molecule has 0 spiro atoms. The lowest BCUT2D eigenvalue weighted by Crippen LogP contribution is -2.27. The molecule has 0 aromatic heterocycles. The van der Waals surface area contributed by atoms with Gasteiger partial charge >= 0.3 is 0 Å². The van der Waals surface area contributed by atoms with Crippen molar-refractivity contribution in [3.8, 4) is 33.8 Å². The van der Waals surface area contributed by atoms with Crippen molar-refractivity contribution in [1.29, 1.82) is 0 Å². The number of allylic oxidation sites excluding steroid dienone is 7. The Hall–Kier alpha value is -5.60. The minimum Gasteiger partial charge on any atom is -0.456 e. The second-order valence-corrected chi connectivity index (χ2v) is 12.4. The van der Waals surface area contributed by atoms with Crippen LogP contribution in [0.5, 0.6) is 11.5 Å². The largest absolute Gasteiger partial charge is 0.456 e. The molecule has 1 heterocycles. The van der Waals surface area contributed by atoms with E-state index >= 15 is 0 Å². The van der Waals surface area contributed by atoms with E-state index in [2.05, 4.69) is 164 Å². The average Bonchev–Trinajstić information content (AvgIpc) is 3.08. The quantitative estimate of drug-likeness (QED) is 0.206. The molecule has 0 bridgehead atoms. The highest BCUT2D eigenvalue weighted by Gasteiger charge is 2.32. The Bertz CT molecular complexity index is 2300. The molecule has 2 nitrogen and oxygen atoms in total. The van der Waals surface area contributed by atoms with Gasteiger partial charge in [0.25, 0.3) is 0 Å². The number of benzene rings is 6.